The number of rotatable bonds is 3. The standard InChI is InChI=1S/C17H21N3O2/c1-11-4-3-5-12(10-11)17(21)19-14-8-9-18-13-6-7-15(22-2)20-16(13)14/h6-9,11-12H,3-5,10H2,1-2H3,(H,18,19,21). The van der Waals surface area contributed by atoms with Crippen LogP contribution in [0.25, 0.3) is 11.0 Å². The van der Waals surface area contributed by atoms with Gasteiger partial charge in [-0.3, -0.25) is 9.78 Å². The molecule has 2 unspecified atom stereocenters. The van der Waals surface area contributed by atoms with E-state index < -0.39 is 0 Å². The fourth-order valence-electron chi connectivity index (χ4n) is 3.13. The van der Waals surface area contributed by atoms with E-state index in [4.69, 9.17) is 4.74 Å². The van der Waals surface area contributed by atoms with E-state index in [1.54, 1.807) is 25.4 Å². The van der Waals surface area contributed by atoms with Gasteiger partial charge in [-0.1, -0.05) is 19.8 Å². The van der Waals surface area contributed by atoms with Gasteiger partial charge in [0.25, 0.3) is 0 Å². The summed E-state index contributed by atoms with van der Waals surface area (Å²) in [6.45, 7) is 2.22. The Balaban J connectivity index is 1.85. The minimum Gasteiger partial charge on any atom is -0.481 e. The highest BCUT2D eigenvalue weighted by molar-refractivity contribution is 6.00. The van der Waals surface area contributed by atoms with Gasteiger partial charge in [-0.25, -0.2) is 4.98 Å². The topological polar surface area (TPSA) is 64.1 Å². The molecule has 22 heavy (non-hydrogen) atoms. The van der Waals surface area contributed by atoms with Gasteiger partial charge in [-0.2, -0.15) is 0 Å². The van der Waals surface area contributed by atoms with Gasteiger partial charge in [0, 0.05) is 18.2 Å². The molecule has 1 amide bonds. The van der Waals surface area contributed by atoms with Crippen LogP contribution in [-0.2, 0) is 4.79 Å². The number of carbonyl (C=O) groups excluding carboxylic acids is 1. The third-order valence-electron chi connectivity index (χ3n) is 4.33. The van der Waals surface area contributed by atoms with Crippen LogP contribution in [0.1, 0.15) is 32.6 Å². The third kappa shape index (κ3) is 3.03. The van der Waals surface area contributed by atoms with Crippen molar-refractivity contribution in [3.63, 3.8) is 0 Å². The molecule has 1 saturated carbocycles. The average molecular weight is 299 g/mol. The molecule has 5 heteroatoms. The molecular formula is C17H21N3O2. The quantitative estimate of drug-likeness (QED) is 0.943. The average Bonchev–Trinajstić information content (AvgIpc) is 2.54. The Labute approximate surface area is 130 Å². The van der Waals surface area contributed by atoms with E-state index in [2.05, 4.69) is 22.2 Å². The maximum absolute atomic E-state index is 12.5. The summed E-state index contributed by atoms with van der Waals surface area (Å²) >= 11 is 0. The Bertz CT molecular complexity index is 687. The molecule has 2 atom stereocenters. The first-order valence-electron chi connectivity index (χ1n) is 7.78. The van der Waals surface area contributed by atoms with Gasteiger partial charge >= 0.3 is 0 Å². The third-order valence-corrected chi connectivity index (χ3v) is 4.33. The Kier molecular flexibility index (Phi) is 4.22. The van der Waals surface area contributed by atoms with Crippen LogP contribution in [0.5, 0.6) is 5.88 Å². The summed E-state index contributed by atoms with van der Waals surface area (Å²) in [5.74, 6) is 1.32. The van der Waals surface area contributed by atoms with Gasteiger partial charge in [0.2, 0.25) is 11.8 Å². The highest BCUT2D eigenvalue weighted by Crippen LogP contribution is 2.30. The molecule has 0 aliphatic heterocycles. The largest absolute Gasteiger partial charge is 0.481 e. The van der Waals surface area contributed by atoms with Crippen molar-refractivity contribution >= 4 is 22.6 Å². The Morgan fingerprint density at radius 3 is 2.95 bits per heavy atom. The molecule has 0 spiro atoms. The molecule has 1 aliphatic carbocycles. The van der Waals surface area contributed by atoms with E-state index in [-0.39, 0.29) is 11.8 Å². The number of carbonyl (C=O) groups is 1. The molecule has 2 heterocycles. The Morgan fingerprint density at radius 1 is 1.32 bits per heavy atom. The molecule has 0 radical (unpaired) electrons. The lowest BCUT2D eigenvalue weighted by Crippen LogP contribution is -2.27. The summed E-state index contributed by atoms with van der Waals surface area (Å²) in [6, 6.07) is 5.40. The fourth-order valence-corrected chi connectivity index (χ4v) is 3.13. The number of nitrogens with zero attached hydrogens (tertiary/aromatic N) is 2. The molecule has 0 saturated heterocycles. The van der Waals surface area contributed by atoms with Crippen molar-refractivity contribution in [2.24, 2.45) is 11.8 Å². The number of anilines is 1. The van der Waals surface area contributed by atoms with Crippen molar-refractivity contribution in [3.8, 4) is 5.88 Å². The molecule has 5 nitrogen and oxygen atoms in total. The zero-order chi connectivity index (χ0) is 15.5. The van der Waals surface area contributed by atoms with Crippen LogP contribution in [0.3, 0.4) is 0 Å². The molecule has 2 aromatic heterocycles. The number of nitrogens with one attached hydrogen (secondary N) is 1. The van der Waals surface area contributed by atoms with Crippen molar-refractivity contribution in [2.45, 2.75) is 32.6 Å². The zero-order valence-electron chi connectivity index (χ0n) is 13.0. The number of fused-ring (bicyclic) bond motifs is 1. The highest BCUT2D eigenvalue weighted by Gasteiger charge is 2.25. The molecule has 3 rings (SSSR count). The Hall–Kier alpha value is -2.17. The van der Waals surface area contributed by atoms with Gasteiger partial charge < -0.3 is 10.1 Å². The summed E-state index contributed by atoms with van der Waals surface area (Å²) in [7, 11) is 1.58. The zero-order valence-corrected chi connectivity index (χ0v) is 13.0. The van der Waals surface area contributed by atoms with Crippen LogP contribution < -0.4 is 10.1 Å². The smallest absolute Gasteiger partial charge is 0.227 e. The van der Waals surface area contributed by atoms with Crippen LogP contribution >= 0.6 is 0 Å². The number of ether oxygens (including phenoxy) is 1. The van der Waals surface area contributed by atoms with Gasteiger partial charge in [-0.05, 0) is 30.9 Å². The number of hydrogen-bond acceptors (Lipinski definition) is 4. The lowest BCUT2D eigenvalue weighted by molar-refractivity contribution is -0.121. The molecule has 1 fully saturated rings. The monoisotopic (exact) mass is 299 g/mol. The first-order chi connectivity index (χ1) is 10.7. The van der Waals surface area contributed by atoms with Crippen molar-refractivity contribution in [2.75, 3.05) is 12.4 Å². The molecule has 1 aliphatic rings. The second-order valence-corrected chi connectivity index (χ2v) is 6.04. The number of hydrogen-bond donors (Lipinski definition) is 1. The maximum atomic E-state index is 12.5. The number of pyridine rings is 2. The summed E-state index contributed by atoms with van der Waals surface area (Å²) < 4.78 is 5.16. The number of methoxy groups -OCH3 is 1. The molecule has 1 N–H and O–H groups in total. The van der Waals surface area contributed by atoms with E-state index in [0.717, 1.165) is 24.8 Å². The van der Waals surface area contributed by atoms with E-state index in [1.807, 2.05) is 6.07 Å². The van der Waals surface area contributed by atoms with E-state index in [9.17, 15) is 4.79 Å². The first-order valence-corrected chi connectivity index (χ1v) is 7.78. The molecule has 0 aromatic carbocycles. The molecule has 2 aromatic rings. The van der Waals surface area contributed by atoms with Crippen molar-refractivity contribution < 1.29 is 9.53 Å². The highest BCUT2D eigenvalue weighted by atomic mass is 16.5. The maximum Gasteiger partial charge on any atom is 0.227 e. The minimum atomic E-state index is 0.0867. The summed E-state index contributed by atoms with van der Waals surface area (Å²) in [6.07, 6.45) is 5.97. The SMILES string of the molecule is COc1ccc2nccc(NC(=O)C3CCCC(C)C3)c2n1. The van der Waals surface area contributed by atoms with Crippen molar-refractivity contribution in [1.29, 1.82) is 0 Å². The second-order valence-electron chi connectivity index (χ2n) is 6.04. The van der Waals surface area contributed by atoms with Gasteiger partial charge in [0.1, 0.15) is 5.52 Å². The van der Waals surface area contributed by atoms with E-state index in [1.165, 1.54) is 6.42 Å². The fraction of sp³-hybridized carbons (Fsp3) is 0.471. The molecule has 0 bridgehead atoms. The van der Waals surface area contributed by atoms with E-state index >= 15 is 0 Å². The summed E-state index contributed by atoms with van der Waals surface area (Å²) in [5, 5.41) is 3.03. The van der Waals surface area contributed by atoms with Gasteiger partial charge in [0.05, 0.1) is 18.3 Å². The lowest BCUT2D eigenvalue weighted by Gasteiger charge is -2.25. The molecular weight excluding hydrogens is 278 g/mol. The predicted molar refractivity (Wildman–Crippen MR) is 85.8 cm³/mol. The molecule has 116 valence electrons. The van der Waals surface area contributed by atoms with Crippen molar-refractivity contribution in [1.82, 2.24) is 9.97 Å². The van der Waals surface area contributed by atoms with Crippen LogP contribution in [0, 0.1) is 11.8 Å². The van der Waals surface area contributed by atoms with E-state index in [0.29, 0.717) is 23.0 Å². The summed E-state index contributed by atoms with van der Waals surface area (Å²) in [5.41, 5.74) is 2.11. The second kappa shape index (κ2) is 6.30. The van der Waals surface area contributed by atoms with Crippen molar-refractivity contribution in [3.05, 3.63) is 24.4 Å². The normalized spacial score (nSPS) is 21.5. The van der Waals surface area contributed by atoms with Crippen LogP contribution in [0.4, 0.5) is 5.69 Å². The predicted octanol–water partition coefficient (Wildman–Crippen LogP) is 3.40. The number of aromatic nitrogens is 2. The van der Waals surface area contributed by atoms with Crippen LogP contribution in [0.15, 0.2) is 24.4 Å². The first kappa shape index (κ1) is 14.8. The van der Waals surface area contributed by atoms with Crippen LogP contribution in [-0.4, -0.2) is 23.0 Å². The lowest BCUT2D eigenvalue weighted by atomic mass is 9.82. The minimum absolute atomic E-state index is 0.0867. The van der Waals surface area contributed by atoms with Gasteiger partial charge in [-0.15, -0.1) is 0 Å². The van der Waals surface area contributed by atoms with Gasteiger partial charge in [0.15, 0.2) is 0 Å². The Morgan fingerprint density at radius 2 is 2.18 bits per heavy atom. The summed E-state index contributed by atoms with van der Waals surface area (Å²) in [4.78, 5) is 21.2. The van der Waals surface area contributed by atoms with Crippen LogP contribution in [0.2, 0.25) is 0 Å². The number of amides is 1.